The molecule has 120 valence electrons. The molecule has 0 saturated heterocycles. The van der Waals surface area contributed by atoms with E-state index < -0.39 is 8.32 Å². The number of fused-ring (bicyclic) bond motifs is 1. The smallest absolute Gasteiger partial charge is 0.258 e. The quantitative estimate of drug-likeness (QED) is 0.569. The normalized spacial score (nSPS) is 12.6. The average Bonchev–Trinajstić information content (AvgIpc) is 2.43. The molecular weight excluding hydrogens is 291 g/mol. The van der Waals surface area contributed by atoms with Crippen molar-refractivity contribution in [2.75, 3.05) is 0 Å². The van der Waals surface area contributed by atoms with Crippen molar-refractivity contribution in [3.05, 3.63) is 42.2 Å². The van der Waals surface area contributed by atoms with E-state index in [2.05, 4.69) is 41.5 Å². The summed E-state index contributed by atoms with van der Waals surface area (Å²) in [5.74, 6) is 0.505. The van der Waals surface area contributed by atoms with Crippen LogP contribution in [0, 0.1) is 5.82 Å². The van der Waals surface area contributed by atoms with Gasteiger partial charge in [-0.05, 0) is 34.1 Å². The van der Waals surface area contributed by atoms with Crippen LogP contribution in [0.5, 0.6) is 5.75 Å². The molecule has 0 aliphatic carbocycles. The van der Waals surface area contributed by atoms with Gasteiger partial charge in [-0.25, -0.2) is 4.39 Å². The van der Waals surface area contributed by atoms with Crippen LogP contribution in [0.1, 0.15) is 41.5 Å². The number of rotatable bonds is 5. The molecule has 0 saturated carbocycles. The van der Waals surface area contributed by atoms with Gasteiger partial charge < -0.3 is 4.43 Å². The Balaban J connectivity index is 2.61. The lowest BCUT2D eigenvalue weighted by molar-refractivity contribution is 0.482. The first-order chi connectivity index (χ1) is 10.3. The van der Waals surface area contributed by atoms with Crippen molar-refractivity contribution in [3.8, 4) is 5.75 Å². The van der Waals surface area contributed by atoms with Crippen molar-refractivity contribution < 1.29 is 8.82 Å². The van der Waals surface area contributed by atoms with Crippen LogP contribution in [-0.2, 0) is 0 Å². The summed E-state index contributed by atoms with van der Waals surface area (Å²) < 4.78 is 21.0. The van der Waals surface area contributed by atoms with Gasteiger partial charge in [0.05, 0.1) is 5.39 Å². The van der Waals surface area contributed by atoms with Crippen LogP contribution in [-0.4, -0.2) is 8.32 Å². The molecule has 0 unspecified atom stereocenters. The molecule has 2 rings (SSSR count). The van der Waals surface area contributed by atoms with Crippen molar-refractivity contribution in [3.63, 3.8) is 0 Å². The van der Waals surface area contributed by atoms with E-state index in [0.717, 1.165) is 5.39 Å². The molecule has 3 heteroatoms. The van der Waals surface area contributed by atoms with Crippen molar-refractivity contribution >= 4 is 19.1 Å². The van der Waals surface area contributed by atoms with Gasteiger partial charge in [-0.2, -0.15) is 0 Å². The third-order valence-corrected chi connectivity index (χ3v) is 10.8. The molecule has 1 nitrogen and oxygen atoms in total. The summed E-state index contributed by atoms with van der Waals surface area (Å²) in [6, 6.07) is 11.0. The Morgan fingerprint density at radius 2 is 1.32 bits per heavy atom. The zero-order valence-electron chi connectivity index (χ0n) is 14.5. The van der Waals surface area contributed by atoms with Crippen molar-refractivity contribution in [2.24, 2.45) is 0 Å². The van der Waals surface area contributed by atoms with Gasteiger partial charge in [-0.1, -0.05) is 65.8 Å². The fraction of sp³-hybridized carbons (Fsp3) is 0.474. The molecule has 0 atom stereocenters. The van der Waals surface area contributed by atoms with Gasteiger partial charge in [0, 0.05) is 0 Å². The van der Waals surface area contributed by atoms with Gasteiger partial charge in [-0.15, -0.1) is 0 Å². The summed E-state index contributed by atoms with van der Waals surface area (Å²) >= 11 is 0. The van der Waals surface area contributed by atoms with Gasteiger partial charge in [-0.3, -0.25) is 0 Å². The maximum atomic E-state index is 14.4. The first-order valence-corrected chi connectivity index (χ1v) is 10.3. The van der Waals surface area contributed by atoms with E-state index in [4.69, 9.17) is 4.43 Å². The Kier molecular flexibility index (Phi) is 4.96. The van der Waals surface area contributed by atoms with E-state index in [1.54, 1.807) is 6.07 Å². The predicted octanol–water partition coefficient (Wildman–Crippen LogP) is 6.53. The van der Waals surface area contributed by atoms with E-state index in [-0.39, 0.29) is 5.82 Å². The van der Waals surface area contributed by atoms with Gasteiger partial charge in [0.25, 0.3) is 8.32 Å². The molecular formula is C19H27FOSi. The van der Waals surface area contributed by atoms with Crippen LogP contribution in [0.15, 0.2) is 36.4 Å². The standard InChI is InChI=1S/C19H27FOSi/c1-13(2)22(14(3)4,15(5)6)21-18-12-8-10-16-9-7-11-17(20)19(16)18/h7-15H,1-6H3. The van der Waals surface area contributed by atoms with E-state index in [1.165, 1.54) is 6.07 Å². The van der Waals surface area contributed by atoms with Gasteiger partial charge in [0.15, 0.2) is 0 Å². The molecule has 0 spiro atoms. The molecule has 0 heterocycles. The third-order valence-electron chi connectivity index (χ3n) is 4.81. The summed E-state index contributed by atoms with van der Waals surface area (Å²) in [7, 11) is -2.08. The largest absolute Gasteiger partial charge is 0.542 e. The molecule has 22 heavy (non-hydrogen) atoms. The summed E-state index contributed by atoms with van der Waals surface area (Å²) in [5.41, 5.74) is 1.40. The summed E-state index contributed by atoms with van der Waals surface area (Å²) in [5, 5.41) is 1.51. The Morgan fingerprint density at radius 3 is 1.82 bits per heavy atom. The van der Waals surface area contributed by atoms with Crippen molar-refractivity contribution in [2.45, 2.75) is 58.2 Å². The molecule has 0 fully saturated rings. The van der Waals surface area contributed by atoms with E-state index in [0.29, 0.717) is 27.8 Å². The van der Waals surface area contributed by atoms with Crippen LogP contribution in [0.3, 0.4) is 0 Å². The summed E-state index contributed by atoms with van der Waals surface area (Å²) in [6.45, 7) is 13.5. The third kappa shape index (κ3) is 2.79. The Hall–Kier alpha value is -1.35. The van der Waals surface area contributed by atoms with Gasteiger partial charge in [0.1, 0.15) is 11.6 Å². The van der Waals surface area contributed by atoms with Crippen molar-refractivity contribution in [1.82, 2.24) is 0 Å². The predicted molar refractivity (Wildman–Crippen MR) is 95.6 cm³/mol. The second-order valence-electron chi connectivity index (χ2n) is 7.01. The topological polar surface area (TPSA) is 9.23 Å². The van der Waals surface area contributed by atoms with Gasteiger partial charge >= 0.3 is 0 Å². The SMILES string of the molecule is CC(C)[Si](Oc1cccc2cccc(F)c12)(C(C)C)C(C)C. The van der Waals surface area contributed by atoms with E-state index >= 15 is 0 Å². The number of benzene rings is 2. The Bertz CT molecular complexity index is 622. The highest BCUT2D eigenvalue weighted by atomic mass is 28.4. The highest BCUT2D eigenvalue weighted by molar-refractivity contribution is 6.78. The van der Waals surface area contributed by atoms with E-state index in [1.807, 2.05) is 24.3 Å². The maximum Gasteiger partial charge on any atom is 0.258 e. The molecule has 0 aliphatic rings. The number of hydrogen-bond donors (Lipinski definition) is 0. The monoisotopic (exact) mass is 318 g/mol. The lowest BCUT2D eigenvalue weighted by atomic mass is 10.1. The summed E-state index contributed by atoms with van der Waals surface area (Å²) in [6.07, 6.45) is 0. The van der Waals surface area contributed by atoms with Crippen LogP contribution in [0.25, 0.3) is 10.8 Å². The highest BCUT2D eigenvalue weighted by Gasteiger charge is 2.47. The molecule has 2 aromatic carbocycles. The lowest BCUT2D eigenvalue weighted by Crippen LogP contribution is -2.50. The molecule has 0 bridgehead atoms. The van der Waals surface area contributed by atoms with Crippen LogP contribution >= 0.6 is 0 Å². The molecule has 0 N–H and O–H groups in total. The second kappa shape index (κ2) is 6.41. The second-order valence-corrected chi connectivity index (χ2v) is 12.4. The zero-order chi connectivity index (χ0) is 16.5. The lowest BCUT2D eigenvalue weighted by Gasteiger charge is -2.42. The van der Waals surface area contributed by atoms with Crippen molar-refractivity contribution in [1.29, 1.82) is 0 Å². The Morgan fingerprint density at radius 1 is 0.818 bits per heavy atom. The number of hydrogen-bond acceptors (Lipinski definition) is 1. The first-order valence-electron chi connectivity index (χ1n) is 8.17. The zero-order valence-corrected chi connectivity index (χ0v) is 15.5. The molecule has 0 radical (unpaired) electrons. The van der Waals surface area contributed by atoms with Crippen LogP contribution < -0.4 is 4.43 Å². The molecule has 2 aromatic rings. The summed E-state index contributed by atoms with van der Waals surface area (Å²) in [4.78, 5) is 0. The fourth-order valence-corrected chi connectivity index (χ4v) is 9.15. The Labute approximate surface area is 134 Å². The maximum absolute atomic E-state index is 14.4. The highest BCUT2D eigenvalue weighted by Crippen LogP contribution is 2.44. The van der Waals surface area contributed by atoms with Gasteiger partial charge in [0.2, 0.25) is 0 Å². The number of halogens is 1. The molecule has 0 aromatic heterocycles. The van der Waals surface area contributed by atoms with Crippen LogP contribution in [0.2, 0.25) is 16.6 Å². The van der Waals surface area contributed by atoms with Crippen LogP contribution in [0.4, 0.5) is 4.39 Å². The molecule has 0 aliphatic heterocycles. The average molecular weight is 319 g/mol. The fourth-order valence-electron chi connectivity index (χ4n) is 3.89. The minimum absolute atomic E-state index is 0.202. The first kappa shape index (κ1) is 17.0. The minimum atomic E-state index is -2.08. The molecule has 0 amide bonds. The minimum Gasteiger partial charge on any atom is -0.542 e. The van der Waals surface area contributed by atoms with E-state index in [9.17, 15) is 4.39 Å².